The Morgan fingerprint density at radius 3 is 1.55 bits per heavy atom. The smallest absolute Gasteiger partial charge is 0.240 e. The normalized spacial score (nSPS) is 10.8. The van der Waals surface area contributed by atoms with Gasteiger partial charge in [0.1, 0.15) is 4.90 Å². The first-order valence-corrected chi connectivity index (χ1v) is 15.3. The molecule has 7 N–H and O–H groups in total. The summed E-state index contributed by atoms with van der Waals surface area (Å²) < 4.78 is 25.2. The minimum Gasteiger partial charge on any atom is -0.379 e. The molecule has 0 radical (unpaired) electrons. The number of primary sulfonamides is 1. The van der Waals surface area contributed by atoms with Crippen LogP contribution in [-0.2, 0) is 36.2 Å². The molecule has 0 aliphatic heterocycles. The van der Waals surface area contributed by atoms with Gasteiger partial charge in [0.15, 0.2) is 0 Å². The number of nitrogens with two attached hydrogens (primary N) is 2. The van der Waals surface area contributed by atoms with Crippen molar-refractivity contribution in [1.82, 2.24) is 5.32 Å². The second-order valence-corrected chi connectivity index (χ2v) is 11.2. The van der Waals surface area contributed by atoms with Crippen molar-refractivity contribution in [3.8, 4) is 0 Å². The van der Waals surface area contributed by atoms with E-state index in [0.29, 0.717) is 37.6 Å². The molecule has 0 saturated heterocycles. The third-order valence-corrected chi connectivity index (χ3v) is 7.35. The fraction of sp³-hybridized carbons (Fsp3) is 0.118. The lowest BCUT2D eigenvalue weighted by Crippen LogP contribution is -2.18. The van der Waals surface area contributed by atoms with Gasteiger partial charge in [-0.15, -0.1) is 0 Å². The van der Waals surface area contributed by atoms with E-state index in [-0.39, 0.29) is 4.90 Å². The van der Waals surface area contributed by atoms with E-state index < -0.39 is 10.0 Å². The molecule has 0 aromatic heterocycles. The summed E-state index contributed by atoms with van der Waals surface area (Å²) in [6, 6.07) is 43.0. The summed E-state index contributed by atoms with van der Waals surface area (Å²) in [5.74, 6) is 0. The fourth-order valence-corrected chi connectivity index (χ4v) is 5.05. The van der Waals surface area contributed by atoms with E-state index in [4.69, 9.17) is 10.9 Å². The molecule has 0 saturated carbocycles. The highest BCUT2D eigenvalue weighted by Crippen LogP contribution is 2.34. The number of para-hydroxylation sites is 1. The van der Waals surface area contributed by atoms with Crippen molar-refractivity contribution in [3.05, 3.63) is 156 Å². The molecule has 216 valence electrons. The van der Waals surface area contributed by atoms with Crippen molar-refractivity contribution in [2.75, 3.05) is 10.6 Å². The van der Waals surface area contributed by atoms with Crippen LogP contribution in [0, 0.1) is 0 Å². The van der Waals surface area contributed by atoms with Gasteiger partial charge in [0, 0.05) is 31.9 Å². The van der Waals surface area contributed by atoms with Crippen LogP contribution >= 0.6 is 0 Å². The summed E-state index contributed by atoms with van der Waals surface area (Å²) in [4.78, 5) is 0.0472. The topological polar surface area (TPSA) is 122 Å². The first kappa shape index (κ1) is 30.5. The zero-order valence-electron chi connectivity index (χ0n) is 23.4. The molecule has 0 amide bonds. The Bertz CT molecular complexity index is 1620. The summed E-state index contributed by atoms with van der Waals surface area (Å²) in [6.45, 7) is 2.33. The lowest BCUT2D eigenvalue weighted by Gasteiger charge is -2.19. The number of anilines is 3. The van der Waals surface area contributed by atoms with Crippen LogP contribution in [0.25, 0.3) is 0 Å². The zero-order valence-corrected chi connectivity index (χ0v) is 24.2. The summed E-state index contributed by atoms with van der Waals surface area (Å²) in [7, 11) is -3.99. The Morgan fingerprint density at radius 1 is 0.571 bits per heavy atom. The SMILES string of the molecule is NCc1ccccc1.NS(=O)(=O)c1cc(CNCc2ccccc2)cc(NCc2ccccc2)c1Nc1ccccc1. The van der Waals surface area contributed by atoms with Crippen molar-refractivity contribution in [2.45, 2.75) is 31.1 Å². The molecule has 5 aromatic carbocycles. The number of benzene rings is 5. The van der Waals surface area contributed by atoms with E-state index in [1.165, 1.54) is 5.56 Å². The van der Waals surface area contributed by atoms with Crippen LogP contribution in [0.3, 0.4) is 0 Å². The highest BCUT2D eigenvalue weighted by molar-refractivity contribution is 7.89. The second kappa shape index (κ2) is 15.5. The van der Waals surface area contributed by atoms with E-state index in [1.54, 1.807) is 6.07 Å². The van der Waals surface area contributed by atoms with Crippen LogP contribution in [0.15, 0.2) is 138 Å². The van der Waals surface area contributed by atoms with E-state index in [0.717, 1.165) is 22.4 Å². The van der Waals surface area contributed by atoms with Crippen molar-refractivity contribution in [3.63, 3.8) is 0 Å². The number of rotatable bonds is 11. The van der Waals surface area contributed by atoms with Crippen LogP contribution in [0.1, 0.15) is 22.3 Å². The van der Waals surface area contributed by atoms with Gasteiger partial charge in [-0.1, -0.05) is 109 Å². The fourth-order valence-electron chi connectivity index (χ4n) is 4.29. The van der Waals surface area contributed by atoms with E-state index >= 15 is 0 Å². The van der Waals surface area contributed by atoms with E-state index in [1.807, 2.05) is 127 Å². The highest BCUT2D eigenvalue weighted by Gasteiger charge is 2.20. The molecule has 8 heteroatoms. The number of hydrogen-bond donors (Lipinski definition) is 5. The van der Waals surface area contributed by atoms with Crippen molar-refractivity contribution in [1.29, 1.82) is 0 Å². The third-order valence-electron chi connectivity index (χ3n) is 6.42. The molecule has 0 bridgehead atoms. The zero-order chi connectivity index (χ0) is 29.6. The maximum absolute atomic E-state index is 12.6. The average Bonchev–Trinajstić information content (AvgIpc) is 3.02. The van der Waals surface area contributed by atoms with Gasteiger partial charge in [-0.05, 0) is 46.5 Å². The van der Waals surface area contributed by atoms with Gasteiger partial charge >= 0.3 is 0 Å². The van der Waals surface area contributed by atoms with Crippen LogP contribution in [-0.4, -0.2) is 8.42 Å². The molecule has 0 aliphatic rings. The molecule has 5 rings (SSSR count). The first-order chi connectivity index (χ1) is 20.4. The first-order valence-electron chi connectivity index (χ1n) is 13.7. The second-order valence-electron chi connectivity index (χ2n) is 9.67. The molecule has 0 atom stereocenters. The lowest BCUT2D eigenvalue weighted by molar-refractivity contribution is 0.597. The van der Waals surface area contributed by atoms with Crippen molar-refractivity contribution < 1.29 is 8.42 Å². The monoisotopic (exact) mass is 579 g/mol. The van der Waals surface area contributed by atoms with Crippen LogP contribution in [0.4, 0.5) is 17.1 Å². The van der Waals surface area contributed by atoms with Gasteiger partial charge in [0.05, 0.1) is 11.4 Å². The molecule has 7 nitrogen and oxygen atoms in total. The predicted octanol–water partition coefficient (Wildman–Crippen LogP) is 6.12. The lowest BCUT2D eigenvalue weighted by atomic mass is 10.1. The summed E-state index contributed by atoms with van der Waals surface area (Å²) in [5, 5.41) is 15.7. The van der Waals surface area contributed by atoms with Crippen LogP contribution in [0.2, 0.25) is 0 Å². The number of hydrogen-bond acceptors (Lipinski definition) is 6. The molecule has 0 unspecified atom stereocenters. The van der Waals surface area contributed by atoms with E-state index in [9.17, 15) is 8.42 Å². The van der Waals surface area contributed by atoms with Gasteiger partial charge in [0.25, 0.3) is 0 Å². The molecular formula is C34H37N5O2S. The Labute approximate surface area is 248 Å². The van der Waals surface area contributed by atoms with E-state index in [2.05, 4.69) is 16.0 Å². The molecule has 5 aromatic rings. The van der Waals surface area contributed by atoms with Crippen LogP contribution < -0.4 is 26.8 Å². The number of sulfonamides is 1. The number of nitrogens with one attached hydrogen (secondary N) is 3. The van der Waals surface area contributed by atoms with Crippen molar-refractivity contribution >= 4 is 27.1 Å². The van der Waals surface area contributed by atoms with Gasteiger partial charge in [0.2, 0.25) is 10.0 Å². The van der Waals surface area contributed by atoms with Crippen molar-refractivity contribution in [2.24, 2.45) is 10.9 Å². The molecule has 0 fully saturated rings. The average molecular weight is 580 g/mol. The summed E-state index contributed by atoms with van der Waals surface area (Å²) >= 11 is 0. The maximum Gasteiger partial charge on any atom is 0.240 e. The van der Waals surface area contributed by atoms with Gasteiger partial charge < -0.3 is 21.7 Å². The Balaban J connectivity index is 0.000000437. The maximum atomic E-state index is 12.6. The molecule has 0 aliphatic carbocycles. The molecular weight excluding hydrogens is 542 g/mol. The van der Waals surface area contributed by atoms with Crippen LogP contribution in [0.5, 0.6) is 0 Å². The largest absolute Gasteiger partial charge is 0.379 e. The highest BCUT2D eigenvalue weighted by atomic mass is 32.2. The Morgan fingerprint density at radius 2 is 1.05 bits per heavy atom. The molecule has 0 spiro atoms. The van der Waals surface area contributed by atoms with Gasteiger partial charge in [-0.2, -0.15) is 0 Å². The third kappa shape index (κ3) is 9.57. The summed E-state index contributed by atoms with van der Waals surface area (Å²) in [5.41, 5.74) is 11.4. The summed E-state index contributed by atoms with van der Waals surface area (Å²) in [6.07, 6.45) is 0. The molecule has 0 heterocycles. The standard InChI is InChI=1S/C27H28N4O2S.C7H9N/c28-34(32,33)26-17-23(19-29-18-21-10-4-1-5-11-21)16-25(30-20-22-12-6-2-7-13-22)27(26)31-24-14-8-3-9-15-24;8-6-7-4-2-1-3-5-7/h1-17,29-31H,18-20H2,(H2,28,32,33);1-5H,6,8H2. The predicted molar refractivity (Wildman–Crippen MR) is 173 cm³/mol. The molecule has 42 heavy (non-hydrogen) atoms. The Kier molecular flexibility index (Phi) is 11.3. The van der Waals surface area contributed by atoms with Gasteiger partial charge in [-0.3, -0.25) is 0 Å². The Hall–Kier alpha value is -4.47. The minimum absolute atomic E-state index is 0.0472. The van der Waals surface area contributed by atoms with Gasteiger partial charge in [-0.25, -0.2) is 13.6 Å². The minimum atomic E-state index is -3.99. The quantitative estimate of drug-likeness (QED) is 0.128.